The van der Waals surface area contributed by atoms with Gasteiger partial charge in [0.1, 0.15) is 10.3 Å². The molecule has 0 saturated heterocycles. The van der Waals surface area contributed by atoms with Crippen molar-refractivity contribution in [2.75, 3.05) is 5.32 Å². The zero-order valence-corrected chi connectivity index (χ0v) is 12.7. The van der Waals surface area contributed by atoms with Gasteiger partial charge < -0.3 is 9.88 Å². The molecular formula is C14H16BrN3O. The zero-order valence-electron chi connectivity index (χ0n) is 11.1. The predicted molar refractivity (Wildman–Crippen MR) is 79.4 cm³/mol. The normalized spacial score (nSPS) is 10.8. The van der Waals surface area contributed by atoms with Gasteiger partial charge in [-0.2, -0.15) is 0 Å². The monoisotopic (exact) mass is 321 g/mol. The van der Waals surface area contributed by atoms with Crippen LogP contribution in [0.3, 0.4) is 0 Å². The van der Waals surface area contributed by atoms with Crippen molar-refractivity contribution >= 4 is 27.5 Å². The zero-order chi connectivity index (χ0) is 14.0. The molecule has 2 rings (SSSR count). The number of carbonyl (C=O) groups is 1. The molecule has 100 valence electrons. The molecule has 2 aromatic rings. The molecule has 1 amide bonds. The highest BCUT2D eigenvalue weighted by Gasteiger charge is 2.13. The van der Waals surface area contributed by atoms with E-state index in [-0.39, 0.29) is 11.9 Å². The lowest BCUT2D eigenvalue weighted by Crippen LogP contribution is -2.18. The van der Waals surface area contributed by atoms with E-state index < -0.39 is 0 Å². The first-order valence-corrected chi connectivity index (χ1v) is 6.89. The van der Waals surface area contributed by atoms with Crippen LogP contribution in [0.15, 0.2) is 35.1 Å². The van der Waals surface area contributed by atoms with Gasteiger partial charge in [0.05, 0.1) is 11.4 Å². The van der Waals surface area contributed by atoms with Gasteiger partial charge in [0.15, 0.2) is 0 Å². The molecule has 0 aliphatic rings. The minimum Gasteiger partial charge on any atom is -0.341 e. The SMILES string of the molecule is Cc1nc(Br)ccc1NC(=O)c1cccn1C(C)C. The quantitative estimate of drug-likeness (QED) is 0.874. The Morgan fingerprint density at radius 1 is 1.37 bits per heavy atom. The van der Waals surface area contributed by atoms with E-state index in [1.165, 1.54) is 0 Å². The van der Waals surface area contributed by atoms with Crippen LogP contribution < -0.4 is 5.32 Å². The minimum absolute atomic E-state index is 0.120. The third-order valence-corrected chi connectivity index (χ3v) is 3.31. The molecule has 1 N–H and O–H groups in total. The van der Waals surface area contributed by atoms with Crippen molar-refractivity contribution in [2.45, 2.75) is 26.8 Å². The maximum Gasteiger partial charge on any atom is 0.272 e. The van der Waals surface area contributed by atoms with Crippen molar-refractivity contribution in [3.05, 3.63) is 46.5 Å². The van der Waals surface area contributed by atoms with Gasteiger partial charge in [-0.05, 0) is 61.0 Å². The summed E-state index contributed by atoms with van der Waals surface area (Å²) in [6.07, 6.45) is 1.91. The molecule has 0 unspecified atom stereocenters. The summed E-state index contributed by atoms with van der Waals surface area (Å²) in [5.41, 5.74) is 2.16. The highest BCUT2D eigenvalue weighted by atomic mass is 79.9. The number of nitrogens with one attached hydrogen (secondary N) is 1. The summed E-state index contributed by atoms with van der Waals surface area (Å²) in [5.74, 6) is -0.120. The molecule has 0 spiro atoms. The van der Waals surface area contributed by atoms with Crippen LogP contribution in [-0.2, 0) is 0 Å². The van der Waals surface area contributed by atoms with E-state index in [4.69, 9.17) is 0 Å². The van der Waals surface area contributed by atoms with E-state index in [1.54, 1.807) is 0 Å². The standard InChI is InChI=1S/C14H16BrN3O/c1-9(2)18-8-4-5-12(18)14(19)17-11-6-7-13(15)16-10(11)3/h4-9H,1-3H3,(H,17,19). The number of halogens is 1. The first-order valence-electron chi connectivity index (χ1n) is 6.10. The lowest BCUT2D eigenvalue weighted by atomic mass is 10.3. The van der Waals surface area contributed by atoms with Crippen LogP contribution in [0.25, 0.3) is 0 Å². The fraction of sp³-hybridized carbons (Fsp3) is 0.286. The molecule has 0 aromatic carbocycles. The first kappa shape index (κ1) is 13.8. The highest BCUT2D eigenvalue weighted by Crippen LogP contribution is 2.18. The number of aromatic nitrogens is 2. The number of rotatable bonds is 3. The molecule has 0 aliphatic carbocycles. The number of hydrogen-bond donors (Lipinski definition) is 1. The van der Waals surface area contributed by atoms with Gasteiger partial charge >= 0.3 is 0 Å². The summed E-state index contributed by atoms with van der Waals surface area (Å²) in [7, 11) is 0. The first-order chi connectivity index (χ1) is 8.99. The summed E-state index contributed by atoms with van der Waals surface area (Å²) >= 11 is 3.30. The Labute approximate surface area is 121 Å². The molecular weight excluding hydrogens is 306 g/mol. The van der Waals surface area contributed by atoms with Crippen molar-refractivity contribution in [2.24, 2.45) is 0 Å². The average Bonchev–Trinajstić information content (AvgIpc) is 2.82. The largest absolute Gasteiger partial charge is 0.341 e. The molecule has 0 radical (unpaired) electrons. The van der Waals surface area contributed by atoms with Crippen LogP contribution in [0.5, 0.6) is 0 Å². The van der Waals surface area contributed by atoms with Gasteiger partial charge in [-0.1, -0.05) is 0 Å². The van der Waals surface area contributed by atoms with Crippen LogP contribution in [0.2, 0.25) is 0 Å². The van der Waals surface area contributed by atoms with Gasteiger partial charge in [0.25, 0.3) is 5.91 Å². The van der Waals surface area contributed by atoms with Gasteiger partial charge in [-0.3, -0.25) is 4.79 Å². The fourth-order valence-electron chi connectivity index (χ4n) is 1.89. The van der Waals surface area contributed by atoms with Crippen molar-refractivity contribution in [3.63, 3.8) is 0 Å². The molecule has 19 heavy (non-hydrogen) atoms. The Balaban J connectivity index is 2.23. The molecule has 4 nitrogen and oxygen atoms in total. The molecule has 0 aliphatic heterocycles. The van der Waals surface area contributed by atoms with Crippen LogP contribution in [0.4, 0.5) is 5.69 Å². The van der Waals surface area contributed by atoms with Gasteiger partial charge in [-0.25, -0.2) is 4.98 Å². The third-order valence-electron chi connectivity index (χ3n) is 2.87. The maximum absolute atomic E-state index is 12.3. The maximum atomic E-state index is 12.3. The molecule has 0 saturated carbocycles. The summed E-state index contributed by atoms with van der Waals surface area (Å²) in [5, 5.41) is 2.89. The lowest BCUT2D eigenvalue weighted by Gasteiger charge is -2.13. The van der Waals surface area contributed by atoms with E-state index in [0.29, 0.717) is 5.69 Å². The van der Waals surface area contributed by atoms with Crippen LogP contribution in [-0.4, -0.2) is 15.5 Å². The average molecular weight is 322 g/mol. The summed E-state index contributed by atoms with van der Waals surface area (Å²) < 4.78 is 2.70. The van der Waals surface area contributed by atoms with Crippen molar-refractivity contribution < 1.29 is 4.79 Å². The number of amides is 1. The second-order valence-electron chi connectivity index (χ2n) is 4.62. The van der Waals surface area contributed by atoms with E-state index >= 15 is 0 Å². The van der Waals surface area contributed by atoms with E-state index in [2.05, 4.69) is 26.2 Å². The number of hydrogen-bond acceptors (Lipinski definition) is 2. The second-order valence-corrected chi connectivity index (χ2v) is 5.43. The number of anilines is 1. The second kappa shape index (κ2) is 5.57. The van der Waals surface area contributed by atoms with Crippen molar-refractivity contribution in [1.82, 2.24) is 9.55 Å². The molecule has 2 heterocycles. The molecule has 2 aromatic heterocycles. The fourth-order valence-corrected chi connectivity index (χ4v) is 2.28. The third kappa shape index (κ3) is 3.04. The summed E-state index contributed by atoms with van der Waals surface area (Å²) in [6.45, 7) is 5.95. The Hall–Kier alpha value is -1.62. The predicted octanol–water partition coefficient (Wildman–Crippen LogP) is 3.79. The Kier molecular flexibility index (Phi) is 4.04. The molecule has 5 heteroatoms. The van der Waals surface area contributed by atoms with Gasteiger partial charge in [0.2, 0.25) is 0 Å². The van der Waals surface area contributed by atoms with E-state index in [0.717, 1.165) is 16.0 Å². The van der Waals surface area contributed by atoms with E-state index in [1.807, 2.05) is 55.8 Å². The number of carbonyl (C=O) groups excluding carboxylic acids is 1. The van der Waals surface area contributed by atoms with Gasteiger partial charge in [-0.15, -0.1) is 0 Å². The summed E-state index contributed by atoms with van der Waals surface area (Å²) in [4.78, 5) is 16.5. The Morgan fingerprint density at radius 3 is 2.74 bits per heavy atom. The Bertz CT molecular complexity index is 604. The van der Waals surface area contributed by atoms with Crippen molar-refractivity contribution in [1.29, 1.82) is 0 Å². The highest BCUT2D eigenvalue weighted by molar-refractivity contribution is 9.10. The minimum atomic E-state index is -0.120. The van der Waals surface area contributed by atoms with Crippen LogP contribution in [0.1, 0.15) is 36.1 Å². The number of pyridine rings is 1. The topological polar surface area (TPSA) is 46.9 Å². The van der Waals surface area contributed by atoms with Crippen LogP contribution in [0, 0.1) is 6.92 Å². The van der Waals surface area contributed by atoms with Crippen molar-refractivity contribution in [3.8, 4) is 0 Å². The number of nitrogens with zero attached hydrogens (tertiary/aromatic N) is 2. The molecule has 0 bridgehead atoms. The smallest absolute Gasteiger partial charge is 0.272 e. The Morgan fingerprint density at radius 2 is 2.11 bits per heavy atom. The number of aryl methyl sites for hydroxylation is 1. The molecule has 0 atom stereocenters. The van der Waals surface area contributed by atoms with Gasteiger partial charge in [0, 0.05) is 12.2 Å². The van der Waals surface area contributed by atoms with E-state index in [9.17, 15) is 4.79 Å². The summed E-state index contributed by atoms with van der Waals surface area (Å²) in [6, 6.07) is 7.59. The lowest BCUT2D eigenvalue weighted by molar-refractivity contribution is 0.101. The van der Waals surface area contributed by atoms with Crippen LogP contribution >= 0.6 is 15.9 Å². The molecule has 0 fully saturated rings.